The van der Waals surface area contributed by atoms with Crippen LogP contribution in [0.5, 0.6) is 0 Å². The highest BCUT2D eigenvalue weighted by Gasteiger charge is 2.37. The zero-order valence-electron chi connectivity index (χ0n) is 12.1. The fourth-order valence-electron chi connectivity index (χ4n) is 3.79. The molecule has 0 spiro atoms. The van der Waals surface area contributed by atoms with Gasteiger partial charge in [0.15, 0.2) is 0 Å². The molecule has 114 valence electrons. The van der Waals surface area contributed by atoms with E-state index in [2.05, 4.69) is 33.1 Å². The molecule has 2 aliphatic rings. The van der Waals surface area contributed by atoms with E-state index in [1.807, 2.05) is 6.07 Å². The number of nitrogens with one attached hydrogen (secondary N) is 1. The Morgan fingerprint density at radius 2 is 2.05 bits per heavy atom. The molecule has 1 N–H and O–H groups in total. The summed E-state index contributed by atoms with van der Waals surface area (Å²) in [7, 11) is 0. The minimum atomic E-state index is -0.278. The number of rotatable bonds is 4. The van der Waals surface area contributed by atoms with Crippen LogP contribution in [0.4, 0.5) is 11.4 Å². The lowest BCUT2D eigenvalue weighted by atomic mass is 9.97. The van der Waals surface area contributed by atoms with Crippen LogP contribution >= 0.6 is 15.9 Å². The average molecular weight is 354 g/mol. The monoisotopic (exact) mass is 353 g/mol. The minimum Gasteiger partial charge on any atom is -0.363 e. The van der Waals surface area contributed by atoms with E-state index in [-0.39, 0.29) is 10.6 Å². The van der Waals surface area contributed by atoms with Gasteiger partial charge in [0, 0.05) is 35.2 Å². The van der Waals surface area contributed by atoms with Crippen molar-refractivity contribution in [2.75, 3.05) is 11.4 Å². The highest BCUT2D eigenvalue weighted by molar-refractivity contribution is 9.10. The average Bonchev–Trinajstić information content (AvgIpc) is 2.78. The zero-order valence-corrected chi connectivity index (χ0v) is 13.7. The summed E-state index contributed by atoms with van der Waals surface area (Å²) < 4.78 is 0.887. The molecular weight excluding hydrogens is 334 g/mol. The van der Waals surface area contributed by atoms with Crippen LogP contribution in [-0.2, 0) is 0 Å². The Hall–Kier alpha value is -1.14. The molecule has 2 fully saturated rings. The molecule has 2 atom stereocenters. The van der Waals surface area contributed by atoms with E-state index < -0.39 is 0 Å². The fourth-order valence-corrected chi connectivity index (χ4v) is 4.14. The number of anilines is 1. The van der Waals surface area contributed by atoms with Crippen LogP contribution in [0.2, 0.25) is 0 Å². The Morgan fingerprint density at radius 3 is 2.62 bits per heavy atom. The number of hydrogen-bond donors (Lipinski definition) is 1. The predicted octanol–water partition coefficient (Wildman–Crippen LogP) is 3.47. The van der Waals surface area contributed by atoms with Crippen LogP contribution in [-0.4, -0.2) is 29.6 Å². The molecule has 0 aliphatic carbocycles. The first-order chi connectivity index (χ1) is 10.1. The quantitative estimate of drug-likeness (QED) is 0.665. The lowest BCUT2D eigenvalue weighted by Crippen LogP contribution is -2.48. The summed E-state index contributed by atoms with van der Waals surface area (Å²) in [4.78, 5) is 13.3. The summed E-state index contributed by atoms with van der Waals surface area (Å²) in [6.45, 7) is 2.87. The molecule has 0 radical (unpaired) electrons. The van der Waals surface area contributed by atoms with E-state index in [0.717, 1.165) is 29.5 Å². The molecule has 1 aromatic rings. The van der Waals surface area contributed by atoms with E-state index in [9.17, 15) is 10.1 Å². The SMILES string of the molecule is CCN(c1cc(Br)ccc1[N+](=O)[O-])C1CC2CCC(C1)N2. The number of fused-ring (bicyclic) bond motifs is 2. The van der Waals surface area contributed by atoms with Crippen LogP contribution in [0.1, 0.15) is 32.6 Å². The van der Waals surface area contributed by atoms with Gasteiger partial charge in [-0.25, -0.2) is 0 Å². The predicted molar refractivity (Wildman–Crippen MR) is 86.8 cm³/mol. The van der Waals surface area contributed by atoms with Gasteiger partial charge in [0.2, 0.25) is 0 Å². The first-order valence-electron chi connectivity index (χ1n) is 7.55. The number of piperidine rings is 1. The molecule has 2 aliphatic heterocycles. The molecule has 21 heavy (non-hydrogen) atoms. The normalized spacial score (nSPS) is 27.6. The van der Waals surface area contributed by atoms with Gasteiger partial charge < -0.3 is 10.2 Å². The van der Waals surface area contributed by atoms with Crippen molar-refractivity contribution in [2.24, 2.45) is 0 Å². The number of nitro benzene ring substituents is 1. The second-order valence-electron chi connectivity index (χ2n) is 5.94. The van der Waals surface area contributed by atoms with Gasteiger partial charge in [-0.3, -0.25) is 10.1 Å². The Balaban J connectivity index is 1.92. The van der Waals surface area contributed by atoms with Crippen molar-refractivity contribution in [2.45, 2.75) is 50.7 Å². The van der Waals surface area contributed by atoms with Crippen molar-refractivity contribution in [3.05, 3.63) is 32.8 Å². The lowest BCUT2D eigenvalue weighted by Gasteiger charge is -2.38. The molecule has 2 bridgehead atoms. The molecular formula is C15H20BrN3O2. The van der Waals surface area contributed by atoms with Gasteiger partial charge in [0.05, 0.1) is 4.92 Å². The summed E-state index contributed by atoms with van der Waals surface area (Å²) in [6, 6.07) is 6.76. The first-order valence-corrected chi connectivity index (χ1v) is 8.34. The smallest absolute Gasteiger partial charge is 0.292 e. The van der Waals surface area contributed by atoms with E-state index in [4.69, 9.17) is 0 Å². The molecule has 2 saturated heterocycles. The molecule has 6 heteroatoms. The maximum absolute atomic E-state index is 11.3. The van der Waals surface area contributed by atoms with Crippen molar-refractivity contribution in [3.8, 4) is 0 Å². The maximum Gasteiger partial charge on any atom is 0.292 e. The minimum absolute atomic E-state index is 0.200. The number of nitrogens with zero attached hydrogens (tertiary/aromatic N) is 2. The highest BCUT2D eigenvalue weighted by Crippen LogP contribution is 2.37. The van der Waals surface area contributed by atoms with E-state index in [0.29, 0.717) is 18.1 Å². The molecule has 0 aromatic heterocycles. The largest absolute Gasteiger partial charge is 0.363 e. The van der Waals surface area contributed by atoms with Crippen molar-refractivity contribution < 1.29 is 4.92 Å². The number of halogens is 1. The highest BCUT2D eigenvalue weighted by atomic mass is 79.9. The number of hydrogen-bond acceptors (Lipinski definition) is 4. The van der Waals surface area contributed by atoms with Gasteiger partial charge in [0.1, 0.15) is 5.69 Å². The van der Waals surface area contributed by atoms with Crippen LogP contribution in [0.15, 0.2) is 22.7 Å². The third kappa shape index (κ3) is 2.92. The standard InChI is InChI=1S/C15H20BrN3O2/c1-2-18(13-8-11-4-5-12(9-13)17-11)15-7-10(16)3-6-14(15)19(20)21/h3,6-7,11-13,17H,2,4-5,8-9H2,1H3. The first kappa shape index (κ1) is 14.8. The summed E-state index contributed by atoms with van der Waals surface area (Å²) in [6.07, 6.45) is 4.63. The van der Waals surface area contributed by atoms with Gasteiger partial charge in [-0.15, -0.1) is 0 Å². The van der Waals surface area contributed by atoms with Gasteiger partial charge >= 0.3 is 0 Å². The molecule has 0 amide bonds. The second-order valence-corrected chi connectivity index (χ2v) is 6.85. The second kappa shape index (κ2) is 5.93. The van der Waals surface area contributed by atoms with E-state index in [1.54, 1.807) is 12.1 Å². The van der Waals surface area contributed by atoms with Crippen LogP contribution in [0.3, 0.4) is 0 Å². The van der Waals surface area contributed by atoms with Gasteiger partial charge in [-0.1, -0.05) is 15.9 Å². The molecule has 3 rings (SSSR count). The Kier molecular flexibility index (Phi) is 4.17. The summed E-state index contributed by atoms with van der Waals surface area (Å²) in [5, 5.41) is 15.0. The van der Waals surface area contributed by atoms with E-state index >= 15 is 0 Å². The van der Waals surface area contributed by atoms with Crippen LogP contribution in [0.25, 0.3) is 0 Å². The third-order valence-electron chi connectivity index (χ3n) is 4.67. The van der Waals surface area contributed by atoms with E-state index in [1.165, 1.54) is 12.8 Å². The van der Waals surface area contributed by atoms with Crippen LogP contribution in [0, 0.1) is 10.1 Å². The van der Waals surface area contributed by atoms with Gasteiger partial charge in [-0.2, -0.15) is 0 Å². The van der Waals surface area contributed by atoms with Crippen molar-refractivity contribution in [3.63, 3.8) is 0 Å². The molecule has 1 aromatic carbocycles. The molecule has 5 nitrogen and oxygen atoms in total. The zero-order chi connectivity index (χ0) is 15.0. The van der Waals surface area contributed by atoms with Crippen molar-refractivity contribution >= 4 is 27.3 Å². The fraction of sp³-hybridized carbons (Fsp3) is 0.600. The number of benzene rings is 1. The Labute approximate surface area is 133 Å². The summed E-state index contributed by atoms with van der Waals surface area (Å²) >= 11 is 3.44. The van der Waals surface area contributed by atoms with Crippen molar-refractivity contribution in [1.82, 2.24) is 5.32 Å². The third-order valence-corrected chi connectivity index (χ3v) is 5.17. The van der Waals surface area contributed by atoms with Gasteiger partial charge in [-0.05, 0) is 44.7 Å². The molecule has 2 unspecified atom stereocenters. The summed E-state index contributed by atoms with van der Waals surface area (Å²) in [5.41, 5.74) is 0.939. The Bertz CT molecular complexity index is 540. The maximum atomic E-state index is 11.3. The van der Waals surface area contributed by atoms with Gasteiger partial charge in [0.25, 0.3) is 5.69 Å². The molecule has 0 saturated carbocycles. The topological polar surface area (TPSA) is 58.4 Å². The van der Waals surface area contributed by atoms with Crippen LogP contribution < -0.4 is 10.2 Å². The molecule has 2 heterocycles. The van der Waals surface area contributed by atoms with Crippen molar-refractivity contribution in [1.29, 1.82) is 0 Å². The Morgan fingerprint density at radius 1 is 1.38 bits per heavy atom. The lowest BCUT2D eigenvalue weighted by molar-refractivity contribution is -0.384. The summed E-state index contributed by atoms with van der Waals surface area (Å²) in [5.74, 6) is 0. The number of nitro groups is 1.